The number of nitrogens with one attached hydrogen (secondary N) is 2. The molecule has 1 unspecified atom stereocenters. The van der Waals surface area contributed by atoms with E-state index in [1.54, 1.807) is 0 Å². The molecule has 1 heterocycles. The van der Waals surface area contributed by atoms with Crippen molar-refractivity contribution in [2.24, 2.45) is 17.8 Å². The van der Waals surface area contributed by atoms with Crippen LogP contribution in [0.4, 0.5) is 0 Å². The predicted molar refractivity (Wildman–Crippen MR) is 69.3 cm³/mol. The van der Waals surface area contributed by atoms with Gasteiger partial charge in [-0.15, -0.1) is 0 Å². The monoisotopic (exact) mass is 260 g/mol. The Labute approximate surface area is 105 Å². The minimum absolute atomic E-state index is 0.312. The Morgan fingerprint density at radius 3 is 2.47 bits per heavy atom. The molecule has 100 valence electrons. The first-order valence-electron chi connectivity index (χ1n) is 6.75. The first-order chi connectivity index (χ1) is 8.07. The lowest BCUT2D eigenvalue weighted by Crippen LogP contribution is -2.37. The van der Waals surface area contributed by atoms with Crippen LogP contribution in [0, 0.1) is 17.8 Å². The molecule has 2 fully saturated rings. The van der Waals surface area contributed by atoms with E-state index in [9.17, 15) is 8.42 Å². The molecule has 1 atom stereocenters. The third-order valence-corrected chi connectivity index (χ3v) is 5.48. The van der Waals surface area contributed by atoms with E-state index in [1.807, 2.05) is 0 Å². The van der Waals surface area contributed by atoms with Gasteiger partial charge in [-0.05, 0) is 56.5 Å². The van der Waals surface area contributed by atoms with Gasteiger partial charge in [-0.25, -0.2) is 13.1 Å². The molecule has 0 aromatic heterocycles. The van der Waals surface area contributed by atoms with Gasteiger partial charge in [0.05, 0.1) is 5.75 Å². The summed E-state index contributed by atoms with van der Waals surface area (Å²) in [4.78, 5) is 0. The van der Waals surface area contributed by atoms with Gasteiger partial charge in [-0.2, -0.15) is 0 Å². The molecule has 5 heteroatoms. The summed E-state index contributed by atoms with van der Waals surface area (Å²) in [7, 11) is -3.06. The molecule has 0 radical (unpaired) electrons. The molecule has 17 heavy (non-hydrogen) atoms. The van der Waals surface area contributed by atoms with Crippen LogP contribution in [0.1, 0.15) is 32.6 Å². The minimum atomic E-state index is -3.06. The second-order valence-corrected chi connectivity index (χ2v) is 7.49. The molecular formula is C12H24N2O2S. The van der Waals surface area contributed by atoms with Crippen LogP contribution < -0.4 is 10.0 Å². The largest absolute Gasteiger partial charge is 0.317 e. The van der Waals surface area contributed by atoms with Crippen molar-refractivity contribution in [1.82, 2.24) is 10.0 Å². The zero-order valence-corrected chi connectivity index (χ0v) is 11.4. The molecule has 0 spiro atoms. The van der Waals surface area contributed by atoms with E-state index in [4.69, 9.17) is 0 Å². The fourth-order valence-electron chi connectivity index (χ4n) is 2.51. The first kappa shape index (κ1) is 13.3. The molecule has 4 nitrogen and oxygen atoms in total. The maximum absolute atomic E-state index is 11.9. The lowest BCUT2D eigenvalue weighted by molar-refractivity contribution is 0.399. The molecule has 0 bridgehead atoms. The number of hydrogen-bond donors (Lipinski definition) is 2. The summed E-state index contributed by atoms with van der Waals surface area (Å²) in [6.07, 6.45) is 4.52. The van der Waals surface area contributed by atoms with Crippen LogP contribution in [0.3, 0.4) is 0 Å². The highest BCUT2D eigenvalue weighted by Gasteiger charge is 2.29. The van der Waals surface area contributed by atoms with Crippen LogP contribution in [0.2, 0.25) is 0 Å². The van der Waals surface area contributed by atoms with Crippen molar-refractivity contribution < 1.29 is 8.42 Å². The number of hydrogen-bond acceptors (Lipinski definition) is 3. The molecular weight excluding hydrogens is 236 g/mol. The molecule has 2 rings (SSSR count). The normalized spacial score (nSPS) is 24.8. The molecule has 1 saturated heterocycles. The Kier molecular flexibility index (Phi) is 4.44. The van der Waals surface area contributed by atoms with E-state index in [2.05, 4.69) is 17.0 Å². The maximum atomic E-state index is 11.9. The highest BCUT2D eigenvalue weighted by molar-refractivity contribution is 7.89. The van der Waals surface area contributed by atoms with Gasteiger partial charge >= 0.3 is 0 Å². The quantitative estimate of drug-likeness (QED) is 0.747. The summed E-state index contributed by atoms with van der Waals surface area (Å²) in [5, 5.41) is 3.26. The average Bonchev–Trinajstić information content (AvgIpc) is 3.10. The SMILES string of the molecule is CC(CNS(=O)(=O)CC1CCNCC1)C1CC1. The fourth-order valence-corrected chi connectivity index (χ4v) is 4.10. The summed E-state index contributed by atoms with van der Waals surface area (Å²) < 4.78 is 26.6. The van der Waals surface area contributed by atoms with Crippen LogP contribution >= 0.6 is 0 Å². The molecule has 1 saturated carbocycles. The molecule has 1 aliphatic carbocycles. The van der Waals surface area contributed by atoms with Gasteiger partial charge in [0.25, 0.3) is 0 Å². The summed E-state index contributed by atoms with van der Waals surface area (Å²) >= 11 is 0. The van der Waals surface area contributed by atoms with Crippen molar-refractivity contribution in [3.63, 3.8) is 0 Å². The Hall–Kier alpha value is -0.130. The Morgan fingerprint density at radius 1 is 1.24 bits per heavy atom. The Balaban J connectivity index is 1.73. The van der Waals surface area contributed by atoms with Crippen LogP contribution in [-0.2, 0) is 10.0 Å². The summed E-state index contributed by atoms with van der Waals surface area (Å²) in [6.45, 7) is 4.68. The number of rotatable bonds is 6. The molecule has 0 amide bonds. The van der Waals surface area contributed by atoms with Gasteiger partial charge < -0.3 is 5.32 Å². The Morgan fingerprint density at radius 2 is 1.88 bits per heavy atom. The third kappa shape index (κ3) is 4.56. The van der Waals surface area contributed by atoms with Crippen molar-refractivity contribution in [2.75, 3.05) is 25.4 Å². The highest BCUT2D eigenvalue weighted by atomic mass is 32.2. The van der Waals surface area contributed by atoms with Gasteiger partial charge in [-0.1, -0.05) is 6.92 Å². The second kappa shape index (κ2) is 5.67. The second-order valence-electron chi connectivity index (χ2n) is 5.64. The summed E-state index contributed by atoms with van der Waals surface area (Å²) in [5.74, 6) is 1.91. The van der Waals surface area contributed by atoms with E-state index in [0.717, 1.165) is 31.8 Å². The van der Waals surface area contributed by atoms with E-state index in [0.29, 0.717) is 24.1 Å². The lowest BCUT2D eigenvalue weighted by Gasteiger charge is -2.22. The van der Waals surface area contributed by atoms with Crippen molar-refractivity contribution in [2.45, 2.75) is 32.6 Å². The van der Waals surface area contributed by atoms with E-state index in [-0.39, 0.29) is 0 Å². The van der Waals surface area contributed by atoms with Gasteiger partial charge in [-0.3, -0.25) is 0 Å². The predicted octanol–water partition coefficient (Wildman–Crippen LogP) is 0.951. The number of sulfonamides is 1. The van der Waals surface area contributed by atoms with Crippen molar-refractivity contribution in [3.05, 3.63) is 0 Å². The van der Waals surface area contributed by atoms with Crippen LogP contribution in [0.25, 0.3) is 0 Å². The third-order valence-electron chi connectivity index (χ3n) is 3.97. The smallest absolute Gasteiger partial charge is 0.211 e. The zero-order valence-electron chi connectivity index (χ0n) is 10.6. The van der Waals surface area contributed by atoms with Gasteiger partial charge in [0.2, 0.25) is 10.0 Å². The lowest BCUT2D eigenvalue weighted by atomic mass is 10.0. The summed E-state index contributed by atoms with van der Waals surface area (Å²) in [6, 6.07) is 0. The van der Waals surface area contributed by atoms with E-state index >= 15 is 0 Å². The van der Waals surface area contributed by atoms with Gasteiger partial charge in [0, 0.05) is 6.54 Å². The molecule has 0 aromatic carbocycles. The maximum Gasteiger partial charge on any atom is 0.211 e. The topological polar surface area (TPSA) is 58.2 Å². The zero-order chi connectivity index (χ0) is 12.3. The molecule has 0 aromatic rings. The molecule has 2 N–H and O–H groups in total. The van der Waals surface area contributed by atoms with Gasteiger partial charge in [0.1, 0.15) is 0 Å². The van der Waals surface area contributed by atoms with Crippen molar-refractivity contribution in [1.29, 1.82) is 0 Å². The number of piperidine rings is 1. The first-order valence-corrected chi connectivity index (χ1v) is 8.40. The minimum Gasteiger partial charge on any atom is -0.317 e. The molecule has 2 aliphatic rings. The standard InChI is InChI=1S/C12H24N2O2S/c1-10(12-2-3-12)8-14-17(15,16)9-11-4-6-13-7-5-11/h10-14H,2-9H2,1H3. The Bertz CT molecular complexity index is 332. The highest BCUT2D eigenvalue weighted by Crippen LogP contribution is 2.36. The molecule has 1 aliphatic heterocycles. The van der Waals surface area contributed by atoms with Crippen LogP contribution in [0.15, 0.2) is 0 Å². The van der Waals surface area contributed by atoms with Crippen molar-refractivity contribution in [3.8, 4) is 0 Å². The van der Waals surface area contributed by atoms with E-state index in [1.165, 1.54) is 12.8 Å². The van der Waals surface area contributed by atoms with Crippen molar-refractivity contribution >= 4 is 10.0 Å². The summed E-state index contributed by atoms with van der Waals surface area (Å²) in [5.41, 5.74) is 0. The fraction of sp³-hybridized carbons (Fsp3) is 1.00. The van der Waals surface area contributed by atoms with E-state index < -0.39 is 10.0 Å². The van der Waals surface area contributed by atoms with Gasteiger partial charge in [0.15, 0.2) is 0 Å². The van der Waals surface area contributed by atoms with Crippen LogP contribution in [0.5, 0.6) is 0 Å². The van der Waals surface area contributed by atoms with Crippen LogP contribution in [-0.4, -0.2) is 33.8 Å². The average molecular weight is 260 g/mol.